The summed E-state index contributed by atoms with van der Waals surface area (Å²) in [6, 6.07) is 0.272. The molecule has 1 aromatic rings. The van der Waals surface area contributed by atoms with Crippen LogP contribution in [0.2, 0.25) is 0 Å². The van der Waals surface area contributed by atoms with Crippen LogP contribution in [0, 0.1) is 16.8 Å². The lowest BCUT2D eigenvalue weighted by atomic mass is 10.00. The number of H-pyrrole nitrogens is 1. The van der Waals surface area contributed by atoms with Crippen LogP contribution < -0.4 is 5.32 Å². The maximum atomic E-state index is 12.1. The van der Waals surface area contributed by atoms with Gasteiger partial charge in [0.2, 0.25) is 5.91 Å². The highest BCUT2D eigenvalue weighted by Gasteiger charge is 2.36. The fourth-order valence-electron chi connectivity index (χ4n) is 2.79. The van der Waals surface area contributed by atoms with Crippen molar-refractivity contribution < 1.29 is 9.53 Å². The van der Waals surface area contributed by atoms with Gasteiger partial charge in [-0.15, -0.1) is 11.3 Å². The van der Waals surface area contributed by atoms with Gasteiger partial charge in [-0.05, 0) is 50.7 Å². The molecular weight excluding hydrogens is 292 g/mol. The molecule has 20 heavy (non-hydrogen) atoms. The average Bonchev–Trinajstić information content (AvgIpc) is 3.18. The molecule has 1 amide bonds. The Balaban J connectivity index is 1.53. The summed E-state index contributed by atoms with van der Waals surface area (Å²) in [5.74, 6) is 0.839. The Morgan fingerprint density at radius 3 is 2.95 bits per heavy atom. The van der Waals surface area contributed by atoms with Crippen LogP contribution in [-0.2, 0) is 16.0 Å². The normalized spacial score (nSPS) is 26.4. The lowest BCUT2D eigenvalue weighted by Crippen LogP contribution is -2.43. The van der Waals surface area contributed by atoms with Crippen molar-refractivity contribution in [1.29, 1.82) is 0 Å². The topological polar surface area (TPSA) is 54.1 Å². The number of thiazole rings is 1. The fraction of sp³-hybridized carbons (Fsp3) is 0.714. The standard InChI is InChI=1S/C14H20N2O2S2/c1-8-12(20-14(19)15-8)7-13(17)16-10-4-5-18-11(6-10)9-2-3-9/h9-11H,2-7H2,1H3,(H,15,19)(H,16,17)/t10-,11+/m0/s1. The van der Waals surface area contributed by atoms with E-state index in [1.807, 2.05) is 6.92 Å². The van der Waals surface area contributed by atoms with Gasteiger partial charge < -0.3 is 15.0 Å². The van der Waals surface area contributed by atoms with Crippen LogP contribution >= 0.6 is 23.6 Å². The second kappa shape index (κ2) is 5.95. The van der Waals surface area contributed by atoms with Crippen LogP contribution in [0.1, 0.15) is 36.3 Å². The summed E-state index contributed by atoms with van der Waals surface area (Å²) in [5, 5.41) is 3.16. The maximum absolute atomic E-state index is 12.1. The number of hydrogen-bond acceptors (Lipinski definition) is 4. The smallest absolute Gasteiger partial charge is 0.225 e. The SMILES string of the molecule is Cc1[nH]c(=S)sc1CC(=O)N[C@H]1CCO[C@@H](C2CC2)C1. The molecule has 2 fully saturated rings. The lowest BCUT2D eigenvalue weighted by Gasteiger charge is -2.30. The zero-order chi connectivity index (χ0) is 14.1. The number of aromatic amines is 1. The summed E-state index contributed by atoms with van der Waals surface area (Å²) in [4.78, 5) is 16.3. The first-order valence-corrected chi connectivity index (χ1v) is 8.44. The molecule has 1 aliphatic carbocycles. The Morgan fingerprint density at radius 1 is 1.50 bits per heavy atom. The predicted octanol–water partition coefficient (Wildman–Crippen LogP) is 2.73. The number of aromatic nitrogens is 1. The van der Waals surface area contributed by atoms with Crippen molar-refractivity contribution in [2.45, 2.75) is 51.2 Å². The van der Waals surface area contributed by atoms with Gasteiger partial charge in [-0.3, -0.25) is 4.79 Å². The predicted molar refractivity (Wildman–Crippen MR) is 81.6 cm³/mol. The fourth-order valence-corrected chi connectivity index (χ4v) is 4.08. The maximum Gasteiger partial charge on any atom is 0.225 e. The molecule has 3 rings (SSSR count). The van der Waals surface area contributed by atoms with E-state index in [1.165, 1.54) is 24.2 Å². The molecule has 6 heteroatoms. The summed E-state index contributed by atoms with van der Waals surface area (Å²) >= 11 is 6.59. The third-order valence-corrected chi connectivity index (χ3v) is 5.41. The Bertz CT molecular complexity index is 548. The highest BCUT2D eigenvalue weighted by atomic mass is 32.1. The van der Waals surface area contributed by atoms with Crippen molar-refractivity contribution in [3.63, 3.8) is 0 Å². The van der Waals surface area contributed by atoms with Gasteiger partial charge in [-0.1, -0.05) is 0 Å². The minimum atomic E-state index is 0.0970. The van der Waals surface area contributed by atoms with Crippen molar-refractivity contribution >= 4 is 29.5 Å². The van der Waals surface area contributed by atoms with Crippen LogP contribution in [0.25, 0.3) is 0 Å². The van der Waals surface area contributed by atoms with Crippen LogP contribution in [0.3, 0.4) is 0 Å². The number of carbonyl (C=O) groups excluding carboxylic acids is 1. The first-order chi connectivity index (χ1) is 9.61. The largest absolute Gasteiger partial charge is 0.378 e. The zero-order valence-corrected chi connectivity index (χ0v) is 13.2. The van der Waals surface area contributed by atoms with E-state index in [4.69, 9.17) is 17.0 Å². The third kappa shape index (κ3) is 3.48. The highest BCUT2D eigenvalue weighted by Crippen LogP contribution is 2.38. The first kappa shape index (κ1) is 14.2. The van der Waals surface area contributed by atoms with Gasteiger partial charge in [0, 0.05) is 23.2 Å². The monoisotopic (exact) mass is 312 g/mol. The lowest BCUT2D eigenvalue weighted by molar-refractivity contribution is -0.122. The number of hydrogen-bond donors (Lipinski definition) is 2. The van der Waals surface area contributed by atoms with Gasteiger partial charge in [-0.25, -0.2) is 0 Å². The number of rotatable bonds is 4. The van der Waals surface area contributed by atoms with Gasteiger partial charge in [0.05, 0.1) is 12.5 Å². The molecule has 1 aliphatic heterocycles. The molecule has 1 saturated carbocycles. The molecule has 1 saturated heterocycles. The van der Waals surface area contributed by atoms with Crippen molar-refractivity contribution in [2.24, 2.45) is 5.92 Å². The van der Waals surface area contributed by atoms with E-state index in [0.29, 0.717) is 12.5 Å². The average molecular weight is 312 g/mol. The van der Waals surface area contributed by atoms with Crippen molar-refractivity contribution in [3.8, 4) is 0 Å². The molecule has 0 bridgehead atoms. The van der Waals surface area contributed by atoms with E-state index in [2.05, 4.69) is 10.3 Å². The number of ether oxygens (including phenoxy) is 1. The van der Waals surface area contributed by atoms with Crippen LogP contribution in [0.5, 0.6) is 0 Å². The number of aryl methyl sites for hydroxylation is 1. The van der Waals surface area contributed by atoms with Gasteiger partial charge >= 0.3 is 0 Å². The Kier molecular flexibility index (Phi) is 4.23. The number of carbonyl (C=O) groups is 1. The summed E-state index contributed by atoms with van der Waals surface area (Å²) in [7, 11) is 0. The molecule has 1 aromatic heterocycles. The zero-order valence-electron chi connectivity index (χ0n) is 11.6. The van der Waals surface area contributed by atoms with E-state index >= 15 is 0 Å². The quantitative estimate of drug-likeness (QED) is 0.841. The molecule has 2 N–H and O–H groups in total. The summed E-state index contributed by atoms with van der Waals surface area (Å²) in [5.41, 5.74) is 1.01. The van der Waals surface area contributed by atoms with Gasteiger partial charge in [0.1, 0.15) is 0 Å². The van der Waals surface area contributed by atoms with E-state index in [0.717, 1.165) is 39.9 Å². The first-order valence-electron chi connectivity index (χ1n) is 7.21. The van der Waals surface area contributed by atoms with Gasteiger partial charge in [0.15, 0.2) is 3.95 Å². The Labute approximate surface area is 127 Å². The molecule has 2 heterocycles. The second-order valence-corrected chi connectivity index (χ2v) is 7.55. The molecular formula is C14H20N2O2S2. The summed E-state index contributed by atoms with van der Waals surface area (Å²) < 4.78 is 6.53. The van der Waals surface area contributed by atoms with E-state index < -0.39 is 0 Å². The molecule has 0 aromatic carbocycles. The van der Waals surface area contributed by atoms with E-state index in [-0.39, 0.29) is 11.9 Å². The van der Waals surface area contributed by atoms with Crippen molar-refractivity contribution in [1.82, 2.24) is 10.3 Å². The molecule has 2 aliphatic rings. The number of amides is 1. The van der Waals surface area contributed by atoms with E-state index in [9.17, 15) is 4.79 Å². The third-order valence-electron chi connectivity index (χ3n) is 4.07. The minimum absolute atomic E-state index is 0.0970. The summed E-state index contributed by atoms with van der Waals surface area (Å²) in [6.45, 7) is 2.74. The molecule has 0 unspecified atom stereocenters. The number of nitrogens with one attached hydrogen (secondary N) is 2. The molecule has 0 radical (unpaired) electrons. The van der Waals surface area contributed by atoms with Crippen molar-refractivity contribution in [2.75, 3.05) is 6.61 Å². The molecule has 4 nitrogen and oxygen atoms in total. The van der Waals surface area contributed by atoms with Crippen LogP contribution in [-0.4, -0.2) is 29.6 Å². The highest BCUT2D eigenvalue weighted by molar-refractivity contribution is 7.73. The second-order valence-electron chi connectivity index (χ2n) is 5.77. The molecule has 110 valence electrons. The van der Waals surface area contributed by atoms with E-state index in [1.54, 1.807) is 0 Å². The Hall–Kier alpha value is -0.720. The van der Waals surface area contributed by atoms with Gasteiger partial charge in [-0.2, -0.15) is 0 Å². The van der Waals surface area contributed by atoms with Crippen molar-refractivity contribution in [3.05, 3.63) is 14.5 Å². The minimum Gasteiger partial charge on any atom is -0.378 e. The molecule has 2 atom stereocenters. The van der Waals surface area contributed by atoms with Crippen LogP contribution in [0.4, 0.5) is 0 Å². The van der Waals surface area contributed by atoms with Crippen LogP contribution in [0.15, 0.2) is 0 Å². The summed E-state index contributed by atoms with van der Waals surface area (Å²) in [6.07, 6.45) is 5.27. The molecule has 0 spiro atoms. The van der Waals surface area contributed by atoms with Gasteiger partial charge in [0.25, 0.3) is 0 Å². The Morgan fingerprint density at radius 2 is 2.30 bits per heavy atom.